The molecule has 2 saturated carbocycles. The summed E-state index contributed by atoms with van der Waals surface area (Å²) in [6.45, 7) is 10.7. The van der Waals surface area contributed by atoms with Crippen LogP contribution in [-0.2, 0) is 4.79 Å². The number of ketones is 1. The Hall–Kier alpha value is -0.890. The van der Waals surface area contributed by atoms with Gasteiger partial charge in [0.25, 0.3) is 0 Å². The Morgan fingerprint density at radius 3 is 2.75 bits per heavy atom. The van der Waals surface area contributed by atoms with E-state index in [1.807, 2.05) is 0 Å². The molecule has 112 valence electrons. The van der Waals surface area contributed by atoms with Crippen LogP contribution in [0, 0.1) is 22.7 Å². The highest BCUT2D eigenvalue weighted by Crippen LogP contribution is 2.61. The molecule has 1 N–H and O–H groups in total. The number of hydrogen-bond acceptors (Lipinski definition) is 2. The maximum Gasteiger partial charge on any atom is 0.152 e. The van der Waals surface area contributed by atoms with Crippen molar-refractivity contribution in [2.45, 2.75) is 52.9 Å². The van der Waals surface area contributed by atoms with Gasteiger partial charge in [0.05, 0.1) is 0 Å². The van der Waals surface area contributed by atoms with E-state index < -0.39 is 0 Å². The molecule has 2 aliphatic rings. The van der Waals surface area contributed by atoms with Crippen LogP contribution in [0.3, 0.4) is 0 Å². The van der Waals surface area contributed by atoms with Crippen molar-refractivity contribution in [2.75, 3.05) is 6.61 Å². The summed E-state index contributed by atoms with van der Waals surface area (Å²) in [7, 11) is 0. The van der Waals surface area contributed by atoms with Gasteiger partial charge in [-0.3, -0.25) is 4.79 Å². The van der Waals surface area contributed by atoms with Crippen LogP contribution >= 0.6 is 0 Å². The molecule has 0 amide bonds. The summed E-state index contributed by atoms with van der Waals surface area (Å²) in [5, 5.41) is 9.88. The molecule has 2 rings (SSSR count). The van der Waals surface area contributed by atoms with Gasteiger partial charge in [0.15, 0.2) is 5.78 Å². The van der Waals surface area contributed by atoms with Crippen molar-refractivity contribution in [3.63, 3.8) is 0 Å². The lowest BCUT2D eigenvalue weighted by Gasteiger charge is -2.57. The van der Waals surface area contributed by atoms with E-state index in [9.17, 15) is 9.90 Å². The van der Waals surface area contributed by atoms with E-state index in [2.05, 4.69) is 26.5 Å². The Morgan fingerprint density at radius 2 is 2.15 bits per heavy atom. The van der Waals surface area contributed by atoms with Gasteiger partial charge < -0.3 is 5.11 Å². The first-order valence-electron chi connectivity index (χ1n) is 7.81. The summed E-state index contributed by atoms with van der Waals surface area (Å²) in [4.78, 5) is 11.3. The molecule has 20 heavy (non-hydrogen) atoms. The molecule has 0 spiro atoms. The Labute approximate surface area is 123 Å². The second-order valence-corrected chi connectivity index (χ2v) is 7.37. The molecule has 4 atom stereocenters. The topological polar surface area (TPSA) is 37.3 Å². The lowest BCUT2D eigenvalue weighted by atomic mass is 9.47. The summed E-state index contributed by atoms with van der Waals surface area (Å²) < 4.78 is 0. The van der Waals surface area contributed by atoms with Crippen LogP contribution in [0.25, 0.3) is 0 Å². The van der Waals surface area contributed by atoms with Crippen LogP contribution < -0.4 is 0 Å². The Bertz CT molecular complexity index is 437. The minimum absolute atomic E-state index is 0.0238. The Morgan fingerprint density at radius 1 is 1.45 bits per heavy atom. The third-order valence-electron chi connectivity index (χ3n) is 5.89. The van der Waals surface area contributed by atoms with Gasteiger partial charge in [0.1, 0.15) is 0 Å². The molecule has 2 aliphatic carbocycles. The third kappa shape index (κ3) is 2.50. The predicted molar refractivity (Wildman–Crippen MR) is 82.3 cm³/mol. The molecule has 0 unspecified atom stereocenters. The summed E-state index contributed by atoms with van der Waals surface area (Å²) in [6, 6.07) is 0. The zero-order chi connectivity index (χ0) is 15.0. The molecule has 0 aromatic heterocycles. The molecule has 0 radical (unpaired) electrons. The largest absolute Gasteiger partial charge is 0.396 e. The van der Waals surface area contributed by atoms with E-state index in [1.54, 1.807) is 13.0 Å². The number of carbonyl (C=O) groups excluding carboxylic acids is 1. The van der Waals surface area contributed by atoms with E-state index in [0.29, 0.717) is 5.92 Å². The zero-order valence-electron chi connectivity index (χ0n) is 13.1. The van der Waals surface area contributed by atoms with Crippen LogP contribution in [0.5, 0.6) is 0 Å². The number of aliphatic hydroxyl groups excluding tert-OH is 1. The van der Waals surface area contributed by atoms with Gasteiger partial charge in [-0.1, -0.05) is 38.5 Å². The summed E-state index contributed by atoms with van der Waals surface area (Å²) >= 11 is 0. The summed E-state index contributed by atoms with van der Waals surface area (Å²) in [6.07, 6.45) is 9.34. The van der Waals surface area contributed by atoms with Crippen molar-refractivity contribution in [1.29, 1.82) is 0 Å². The van der Waals surface area contributed by atoms with Gasteiger partial charge in [0.2, 0.25) is 0 Å². The van der Waals surface area contributed by atoms with Crippen LogP contribution in [0.4, 0.5) is 0 Å². The smallest absolute Gasteiger partial charge is 0.152 e. The lowest BCUT2D eigenvalue weighted by molar-refractivity contribution is -0.112. The number of fused-ring (bicyclic) bond motifs is 1. The molecule has 2 nitrogen and oxygen atoms in total. The fourth-order valence-corrected chi connectivity index (χ4v) is 4.80. The highest BCUT2D eigenvalue weighted by Gasteiger charge is 2.53. The molecular weight excluding hydrogens is 248 g/mol. The fourth-order valence-electron chi connectivity index (χ4n) is 4.80. The average molecular weight is 276 g/mol. The van der Waals surface area contributed by atoms with Crippen LogP contribution in [0.2, 0.25) is 0 Å². The average Bonchev–Trinajstić information content (AvgIpc) is 2.37. The molecule has 0 aromatic rings. The number of allylic oxidation sites excluding steroid dienone is 3. The van der Waals surface area contributed by atoms with Crippen molar-refractivity contribution < 1.29 is 9.90 Å². The SMILES string of the molecule is C=C1CC[C@H]2[C@](C)(CO)CCC[C@]2(C)[C@H]1/C=C/C(C)=O. The van der Waals surface area contributed by atoms with Crippen molar-refractivity contribution in [2.24, 2.45) is 22.7 Å². The molecular formula is C18H28O2. The van der Waals surface area contributed by atoms with Gasteiger partial charge in [0, 0.05) is 12.5 Å². The normalized spacial score (nSPS) is 41.7. The number of rotatable bonds is 3. The standard InChI is InChI=1S/C18H28O2/c1-13-6-9-16-17(3,12-19)10-5-11-18(16,4)15(13)8-7-14(2)20/h7-8,15-16,19H,1,5-6,9-12H2,2-4H3/b8-7+/t15-,16-,17-,18+/m0/s1. The molecule has 0 saturated heterocycles. The van der Waals surface area contributed by atoms with Gasteiger partial charge in [-0.25, -0.2) is 0 Å². The number of carbonyl (C=O) groups is 1. The monoisotopic (exact) mass is 276 g/mol. The maximum absolute atomic E-state index is 11.3. The van der Waals surface area contributed by atoms with Crippen LogP contribution in [0.15, 0.2) is 24.3 Å². The molecule has 0 aromatic carbocycles. The van der Waals surface area contributed by atoms with Crippen molar-refractivity contribution in [3.8, 4) is 0 Å². The van der Waals surface area contributed by atoms with Gasteiger partial charge in [-0.2, -0.15) is 0 Å². The van der Waals surface area contributed by atoms with E-state index in [1.165, 1.54) is 12.0 Å². The molecule has 0 aliphatic heterocycles. The van der Waals surface area contributed by atoms with Gasteiger partial charge >= 0.3 is 0 Å². The van der Waals surface area contributed by atoms with E-state index >= 15 is 0 Å². The highest BCUT2D eigenvalue weighted by atomic mass is 16.3. The highest BCUT2D eigenvalue weighted by molar-refractivity contribution is 5.87. The third-order valence-corrected chi connectivity index (χ3v) is 5.89. The van der Waals surface area contributed by atoms with E-state index in [-0.39, 0.29) is 29.1 Å². The summed E-state index contributed by atoms with van der Waals surface area (Å²) in [5.41, 5.74) is 1.41. The fraction of sp³-hybridized carbons (Fsp3) is 0.722. The quantitative estimate of drug-likeness (QED) is 0.627. The van der Waals surface area contributed by atoms with E-state index in [0.717, 1.165) is 25.7 Å². The van der Waals surface area contributed by atoms with Gasteiger partial charge in [-0.15, -0.1) is 0 Å². The molecule has 0 bridgehead atoms. The number of hydrogen-bond donors (Lipinski definition) is 1. The molecule has 0 heterocycles. The minimum atomic E-state index is 0.0238. The second kappa shape index (κ2) is 5.48. The molecule has 2 heteroatoms. The van der Waals surface area contributed by atoms with Crippen molar-refractivity contribution >= 4 is 5.78 Å². The van der Waals surface area contributed by atoms with Crippen molar-refractivity contribution in [3.05, 3.63) is 24.3 Å². The lowest BCUT2D eigenvalue weighted by Crippen LogP contribution is -2.51. The first kappa shape index (κ1) is 15.5. The van der Waals surface area contributed by atoms with Crippen LogP contribution in [0.1, 0.15) is 52.9 Å². The Balaban J connectivity index is 2.36. The maximum atomic E-state index is 11.3. The van der Waals surface area contributed by atoms with E-state index in [4.69, 9.17) is 0 Å². The zero-order valence-corrected chi connectivity index (χ0v) is 13.1. The van der Waals surface area contributed by atoms with Gasteiger partial charge in [-0.05, 0) is 55.4 Å². The Kier molecular flexibility index (Phi) is 4.24. The van der Waals surface area contributed by atoms with Crippen molar-refractivity contribution in [1.82, 2.24) is 0 Å². The first-order chi connectivity index (χ1) is 9.33. The van der Waals surface area contributed by atoms with Crippen LogP contribution in [-0.4, -0.2) is 17.5 Å². The second-order valence-electron chi connectivity index (χ2n) is 7.37. The first-order valence-corrected chi connectivity index (χ1v) is 7.81. The molecule has 2 fully saturated rings. The summed E-state index contributed by atoms with van der Waals surface area (Å²) in [5.74, 6) is 0.890. The number of aliphatic hydroxyl groups is 1. The predicted octanol–water partition coefficient (Wildman–Crippen LogP) is 3.90. The minimum Gasteiger partial charge on any atom is -0.396 e.